The SMILES string of the molecule is CNc1ccc(NC(=O)CCCC[C@@H]2SCC3NC(=O)NC32)cc1. The van der Waals surface area contributed by atoms with E-state index in [0.717, 1.165) is 36.4 Å². The molecule has 0 spiro atoms. The van der Waals surface area contributed by atoms with Gasteiger partial charge in [-0.3, -0.25) is 4.79 Å². The molecule has 0 aromatic heterocycles. The molecular formula is C17H24N4O2S. The molecule has 1 aromatic carbocycles. The lowest BCUT2D eigenvalue weighted by atomic mass is 10.0. The molecule has 3 amide bonds. The highest BCUT2D eigenvalue weighted by molar-refractivity contribution is 8.00. The maximum Gasteiger partial charge on any atom is 0.315 e. The van der Waals surface area contributed by atoms with Gasteiger partial charge in [0.1, 0.15) is 0 Å². The van der Waals surface area contributed by atoms with Crippen LogP contribution in [0.5, 0.6) is 0 Å². The Morgan fingerprint density at radius 1 is 1.21 bits per heavy atom. The van der Waals surface area contributed by atoms with E-state index >= 15 is 0 Å². The van der Waals surface area contributed by atoms with Crippen LogP contribution in [0.2, 0.25) is 0 Å². The van der Waals surface area contributed by atoms with Crippen molar-refractivity contribution >= 4 is 35.1 Å². The average molecular weight is 348 g/mol. The number of thioether (sulfide) groups is 1. The van der Waals surface area contributed by atoms with Gasteiger partial charge in [-0.2, -0.15) is 11.8 Å². The first-order valence-electron chi connectivity index (χ1n) is 8.42. The first-order chi connectivity index (χ1) is 11.7. The lowest BCUT2D eigenvalue weighted by Gasteiger charge is -2.16. The van der Waals surface area contributed by atoms with Gasteiger partial charge in [0.15, 0.2) is 0 Å². The van der Waals surface area contributed by atoms with Gasteiger partial charge in [-0.25, -0.2) is 4.79 Å². The Morgan fingerprint density at radius 2 is 1.96 bits per heavy atom. The minimum atomic E-state index is -0.0426. The molecule has 0 bridgehead atoms. The van der Waals surface area contributed by atoms with Crippen molar-refractivity contribution in [3.63, 3.8) is 0 Å². The Morgan fingerprint density at radius 3 is 2.71 bits per heavy atom. The first kappa shape index (κ1) is 17.0. The summed E-state index contributed by atoms with van der Waals surface area (Å²) in [6, 6.07) is 8.15. The van der Waals surface area contributed by atoms with Gasteiger partial charge in [-0.05, 0) is 37.1 Å². The minimum Gasteiger partial charge on any atom is -0.388 e. The molecule has 1 aromatic rings. The van der Waals surface area contributed by atoms with Crippen LogP contribution < -0.4 is 21.3 Å². The zero-order valence-corrected chi connectivity index (χ0v) is 14.6. The van der Waals surface area contributed by atoms with Gasteiger partial charge in [-0.15, -0.1) is 0 Å². The van der Waals surface area contributed by atoms with Crippen LogP contribution in [0.25, 0.3) is 0 Å². The number of fused-ring (bicyclic) bond motifs is 1. The van der Waals surface area contributed by atoms with E-state index in [-0.39, 0.29) is 24.0 Å². The summed E-state index contributed by atoms with van der Waals surface area (Å²) in [5, 5.41) is 12.4. The third-order valence-electron chi connectivity index (χ3n) is 4.54. The molecule has 0 aliphatic carbocycles. The molecule has 6 nitrogen and oxygen atoms in total. The molecule has 2 aliphatic heterocycles. The zero-order valence-electron chi connectivity index (χ0n) is 13.8. The van der Waals surface area contributed by atoms with Gasteiger partial charge in [0.05, 0.1) is 12.1 Å². The van der Waals surface area contributed by atoms with Crippen LogP contribution in [0, 0.1) is 0 Å². The number of unbranched alkanes of at least 4 members (excludes halogenated alkanes) is 1. The quantitative estimate of drug-likeness (QED) is 0.450. The topological polar surface area (TPSA) is 82.3 Å². The van der Waals surface area contributed by atoms with Gasteiger partial charge in [-0.1, -0.05) is 6.42 Å². The zero-order chi connectivity index (χ0) is 16.9. The highest BCUT2D eigenvalue weighted by atomic mass is 32.2. The number of benzene rings is 1. The number of urea groups is 1. The summed E-state index contributed by atoms with van der Waals surface area (Å²) >= 11 is 1.92. The predicted molar refractivity (Wildman–Crippen MR) is 98.6 cm³/mol. The Labute approximate surface area is 146 Å². The smallest absolute Gasteiger partial charge is 0.315 e. The van der Waals surface area contributed by atoms with Crippen LogP contribution in [0.1, 0.15) is 25.7 Å². The van der Waals surface area contributed by atoms with Crippen molar-refractivity contribution in [2.45, 2.75) is 43.0 Å². The van der Waals surface area contributed by atoms with Crippen molar-refractivity contribution < 1.29 is 9.59 Å². The van der Waals surface area contributed by atoms with Gasteiger partial charge >= 0.3 is 6.03 Å². The van der Waals surface area contributed by atoms with Crippen LogP contribution in [0.3, 0.4) is 0 Å². The number of hydrogen-bond acceptors (Lipinski definition) is 4. The molecule has 24 heavy (non-hydrogen) atoms. The Balaban J connectivity index is 1.34. The highest BCUT2D eigenvalue weighted by Crippen LogP contribution is 2.33. The maximum absolute atomic E-state index is 12.0. The molecular weight excluding hydrogens is 324 g/mol. The largest absolute Gasteiger partial charge is 0.388 e. The van der Waals surface area contributed by atoms with E-state index in [1.165, 1.54) is 0 Å². The molecule has 2 saturated heterocycles. The molecule has 3 rings (SSSR count). The molecule has 2 unspecified atom stereocenters. The summed E-state index contributed by atoms with van der Waals surface area (Å²) < 4.78 is 0. The molecule has 0 radical (unpaired) electrons. The van der Waals surface area contributed by atoms with Crippen molar-refractivity contribution in [2.75, 3.05) is 23.4 Å². The van der Waals surface area contributed by atoms with Gasteiger partial charge in [0, 0.05) is 35.8 Å². The van der Waals surface area contributed by atoms with Crippen molar-refractivity contribution in [2.24, 2.45) is 0 Å². The monoisotopic (exact) mass is 348 g/mol. The van der Waals surface area contributed by atoms with Crippen molar-refractivity contribution in [1.82, 2.24) is 10.6 Å². The second-order valence-electron chi connectivity index (χ2n) is 6.24. The first-order valence-corrected chi connectivity index (χ1v) is 9.47. The number of carbonyl (C=O) groups excluding carboxylic acids is 2. The Bertz CT molecular complexity index is 593. The highest BCUT2D eigenvalue weighted by Gasteiger charge is 2.42. The molecule has 0 saturated carbocycles. The van der Waals surface area contributed by atoms with E-state index in [1.54, 1.807) is 0 Å². The van der Waals surface area contributed by atoms with Crippen LogP contribution in [-0.4, -0.2) is 42.1 Å². The summed E-state index contributed by atoms with van der Waals surface area (Å²) in [6.45, 7) is 0. The maximum atomic E-state index is 12.0. The average Bonchev–Trinajstić information content (AvgIpc) is 3.12. The lowest BCUT2D eigenvalue weighted by molar-refractivity contribution is -0.116. The van der Waals surface area contributed by atoms with E-state index < -0.39 is 0 Å². The van der Waals surface area contributed by atoms with Crippen molar-refractivity contribution in [1.29, 1.82) is 0 Å². The second kappa shape index (κ2) is 7.79. The summed E-state index contributed by atoms with van der Waals surface area (Å²) in [6.07, 6.45) is 3.45. The van der Waals surface area contributed by atoms with E-state index in [0.29, 0.717) is 11.7 Å². The summed E-state index contributed by atoms with van der Waals surface area (Å²) in [4.78, 5) is 23.3. The van der Waals surface area contributed by atoms with Crippen LogP contribution in [0.15, 0.2) is 24.3 Å². The number of nitrogens with one attached hydrogen (secondary N) is 4. The van der Waals surface area contributed by atoms with Crippen LogP contribution in [0.4, 0.5) is 16.2 Å². The molecule has 7 heteroatoms. The van der Waals surface area contributed by atoms with Crippen LogP contribution in [-0.2, 0) is 4.79 Å². The van der Waals surface area contributed by atoms with E-state index in [9.17, 15) is 9.59 Å². The van der Waals surface area contributed by atoms with Crippen LogP contribution >= 0.6 is 11.8 Å². The second-order valence-corrected chi connectivity index (χ2v) is 7.52. The minimum absolute atomic E-state index is 0.0426. The number of carbonyl (C=O) groups is 2. The van der Waals surface area contributed by atoms with Gasteiger partial charge in [0.2, 0.25) is 5.91 Å². The van der Waals surface area contributed by atoms with Crippen molar-refractivity contribution in [3.8, 4) is 0 Å². The van der Waals surface area contributed by atoms with Crippen molar-refractivity contribution in [3.05, 3.63) is 24.3 Å². The Hall–Kier alpha value is -1.89. The number of amides is 3. The fourth-order valence-electron chi connectivity index (χ4n) is 3.22. The van der Waals surface area contributed by atoms with Gasteiger partial charge in [0.25, 0.3) is 0 Å². The van der Waals surface area contributed by atoms with E-state index in [2.05, 4.69) is 21.3 Å². The summed E-state index contributed by atoms with van der Waals surface area (Å²) in [7, 11) is 1.87. The standard InChI is InChI=1S/C17H24N4O2S/c1-18-11-6-8-12(9-7-11)19-15(22)5-3-2-4-14-16-13(10-24-14)20-17(23)21-16/h6-9,13-14,16,18H,2-5,10H2,1H3,(H,19,22)(H2,20,21,23)/t13?,14-,16?/m0/s1. The number of rotatable bonds is 7. The normalized spacial score (nSPS) is 24.9. The fraction of sp³-hybridized carbons (Fsp3) is 0.529. The molecule has 2 heterocycles. The Kier molecular flexibility index (Phi) is 5.50. The number of hydrogen-bond donors (Lipinski definition) is 4. The molecule has 2 aliphatic rings. The third-order valence-corrected chi connectivity index (χ3v) is 6.05. The number of anilines is 2. The lowest BCUT2D eigenvalue weighted by Crippen LogP contribution is -2.36. The molecule has 3 atom stereocenters. The molecule has 2 fully saturated rings. The third kappa shape index (κ3) is 4.14. The van der Waals surface area contributed by atoms with E-state index in [4.69, 9.17) is 0 Å². The van der Waals surface area contributed by atoms with Gasteiger partial charge < -0.3 is 21.3 Å². The predicted octanol–water partition coefficient (Wildman–Crippen LogP) is 2.39. The fourth-order valence-corrected chi connectivity index (χ4v) is 4.76. The molecule has 130 valence electrons. The summed E-state index contributed by atoms with van der Waals surface area (Å²) in [5.41, 5.74) is 1.85. The summed E-state index contributed by atoms with van der Waals surface area (Å²) in [5.74, 6) is 1.04. The molecule has 4 N–H and O–H groups in total. The van der Waals surface area contributed by atoms with E-state index in [1.807, 2.05) is 43.1 Å².